The van der Waals surface area contributed by atoms with Crippen molar-refractivity contribution < 1.29 is 9.53 Å². The average Bonchev–Trinajstić information content (AvgIpc) is 2.39. The van der Waals surface area contributed by atoms with Gasteiger partial charge in [0.1, 0.15) is 11.9 Å². The first-order chi connectivity index (χ1) is 8.74. The van der Waals surface area contributed by atoms with E-state index in [0.29, 0.717) is 17.7 Å². The van der Waals surface area contributed by atoms with Crippen molar-refractivity contribution in [2.75, 3.05) is 0 Å². The second-order valence-corrected chi connectivity index (χ2v) is 5.08. The fourth-order valence-corrected chi connectivity index (χ4v) is 2.39. The lowest BCUT2D eigenvalue weighted by molar-refractivity contribution is 0.0849. The standard InChI is InChI=1S/C14H10BrNO2/c15-10-3-4-11-12(17)7-13(18-14(11)6-10)9-2-1-5-16-8-9/h1-6,8,13H,7H2. The van der Waals surface area contributed by atoms with Gasteiger partial charge in [-0.05, 0) is 24.3 Å². The maximum atomic E-state index is 12.1. The number of carbonyl (C=O) groups excluding carboxylic acids is 1. The quantitative estimate of drug-likeness (QED) is 0.809. The van der Waals surface area contributed by atoms with E-state index in [-0.39, 0.29) is 11.9 Å². The van der Waals surface area contributed by atoms with Gasteiger partial charge < -0.3 is 4.74 Å². The van der Waals surface area contributed by atoms with Gasteiger partial charge in [-0.2, -0.15) is 0 Å². The van der Waals surface area contributed by atoms with Gasteiger partial charge in [0.2, 0.25) is 0 Å². The SMILES string of the molecule is O=C1CC(c2cccnc2)Oc2cc(Br)ccc21. The van der Waals surface area contributed by atoms with E-state index in [0.717, 1.165) is 10.0 Å². The Labute approximate surface area is 113 Å². The number of rotatable bonds is 1. The molecule has 2 heterocycles. The van der Waals surface area contributed by atoms with E-state index in [1.54, 1.807) is 18.5 Å². The lowest BCUT2D eigenvalue weighted by Crippen LogP contribution is -2.20. The molecule has 0 spiro atoms. The molecule has 0 N–H and O–H groups in total. The van der Waals surface area contributed by atoms with E-state index >= 15 is 0 Å². The summed E-state index contributed by atoms with van der Waals surface area (Å²) in [6, 6.07) is 9.25. The number of Topliss-reactive ketones (excluding diaryl/α,β-unsaturated/α-hetero) is 1. The largest absolute Gasteiger partial charge is 0.484 e. The molecule has 4 heteroatoms. The Morgan fingerprint density at radius 3 is 3.00 bits per heavy atom. The van der Waals surface area contributed by atoms with Crippen molar-refractivity contribution in [1.29, 1.82) is 0 Å². The zero-order valence-electron chi connectivity index (χ0n) is 9.47. The number of halogens is 1. The molecular formula is C14H10BrNO2. The topological polar surface area (TPSA) is 39.2 Å². The number of carbonyl (C=O) groups is 1. The molecule has 2 aromatic rings. The van der Waals surface area contributed by atoms with E-state index in [2.05, 4.69) is 20.9 Å². The van der Waals surface area contributed by atoms with Crippen molar-refractivity contribution in [2.24, 2.45) is 0 Å². The second kappa shape index (κ2) is 4.53. The zero-order chi connectivity index (χ0) is 12.5. The van der Waals surface area contributed by atoms with Gasteiger partial charge in [0, 0.05) is 22.4 Å². The minimum absolute atomic E-state index is 0.109. The monoisotopic (exact) mass is 303 g/mol. The van der Waals surface area contributed by atoms with Crippen LogP contribution in [0.1, 0.15) is 28.4 Å². The second-order valence-electron chi connectivity index (χ2n) is 4.16. The third kappa shape index (κ3) is 2.04. The molecule has 0 amide bonds. The summed E-state index contributed by atoms with van der Waals surface area (Å²) in [5.74, 6) is 0.743. The summed E-state index contributed by atoms with van der Waals surface area (Å²) in [5, 5.41) is 0. The number of fused-ring (bicyclic) bond motifs is 1. The zero-order valence-corrected chi connectivity index (χ0v) is 11.1. The van der Waals surface area contributed by atoms with E-state index in [9.17, 15) is 4.79 Å². The summed E-state index contributed by atoms with van der Waals surface area (Å²) in [6.07, 6.45) is 3.56. The first kappa shape index (κ1) is 11.4. The first-order valence-corrected chi connectivity index (χ1v) is 6.42. The molecule has 3 rings (SSSR count). The lowest BCUT2D eigenvalue weighted by atomic mass is 9.97. The Morgan fingerprint density at radius 2 is 2.22 bits per heavy atom. The molecule has 0 fully saturated rings. The molecular weight excluding hydrogens is 294 g/mol. The number of ether oxygens (including phenoxy) is 1. The van der Waals surface area contributed by atoms with Crippen molar-refractivity contribution >= 4 is 21.7 Å². The highest BCUT2D eigenvalue weighted by atomic mass is 79.9. The Kier molecular flexibility index (Phi) is 2.88. The van der Waals surface area contributed by atoms with Gasteiger partial charge in [-0.25, -0.2) is 0 Å². The first-order valence-electron chi connectivity index (χ1n) is 5.63. The Morgan fingerprint density at radius 1 is 1.33 bits per heavy atom. The van der Waals surface area contributed by atoms with E-state index in [1.165, 1.54) is 0 Å². The van der Waals surface area contributed by atoms with Gasteiger partial charge in [0.15, 0.2) is 5.78 Å². The molecule has 1 aromatic carbocycles. The van der Waals surface area contributed by atoms with Crippen LogP contribution in [0, 0.1) is 0 Å². The Hall–Kier alpha value is -1.68. The van der Waals surface area contributed by atoms with Crippen LogP contribution < -0.4 is 4.74 Å². The van der Waals surface area contributed by atoms with Crippen LogP contribution in [0.5, 0.6) is 5.75 Å². The van der Waals surface area contributed by atoms with Crippen LogP contribution in [0.4, 0.5) is 0 Å². The molecule has 1 aromatic heterocycles. The van der Waals surface area contributed by atoms with Crippen LogP contribution in [0.15, 0.2) is 47.2 Å². The molecule has 1 atom stereocenters. The molecule has 1 aliphatic heterocycles. The van der Waals surface area contributed by atoms with Crippen molar-refractivity contribution in [3.8, 4) is 5.75 Å². The molecule has 0 saturated heterocycles. The molecule has 3 nitrogen and oxygen atoms in total. The predicted octanol–water partition coefficient (Wildman–Crippen LogP) is 3.55. The summed E-state index contributed by atoms with van der Waals surface area (Å²) in [7, 11) is 0. The summed E-state index contributed by atoms with van der Waals surface area (Å²) >= 11 is 3.38. The van der Waals surface area contributed by atoms with Crippen molar-refractivity contribution in [2.45, 2.75) is 12.5 Å². The normalized spacial score (nSPS) is 18.1. The molecule has 1 unspecified atom stereocenters. The van der Waals surface area contributed by atoms with Crippen molar-refractivity contribution in [3.63, 3.8) is 0 Å². The van der Waals surface area contributed by atoms with E-state index in [4.69, 9.17) is 4.74 Å². The number of nitrogens with zero attached hydrogens (tertiary/aromatic N) is 1. The maximum Gasteiger partial charge on any atom is 0.170 e. The fourth-order valence-electron chi connectivity index (χ4n) is 2.05. The van der Waals surface area contributed by atoms with Gasteiger partial charge in [-0.3, -0.25) is 9.78 Å². The fraction of sp³-hybridized carbons (Fsp3) is 0.143. The smallest absolute Gasteiger partial charge is 0.170 e. The highest BCUT2D eigenvalue weighted by Crippen LogP contribution is 2.36. The minimum atomic E-state index is -0.243. The van der Waals surface area contributed by atoms with Crippen LogP contribution in [0.2, 0.25) is 0 Å². The number of hydrogen-bond donors (Lipinski definition) is 0. The molecule has 18 heavy (non-hydrogen) atoms. The van der Waals surface area contributed by atoms with Gasteiger partial charge in [-0.1, -0.05) is 22.0 Å². The van der Waals surface area contributed by atoms with Gasteiger partial charge >= 0.3 is 0 Å². The van der Waals surface area contributed by atoms with Crippen LogP contribution >= 0.6 is 15.9 Å². The number of hydrogen-bond acceptors (Lipinski definition) is 3. The van der Waals surface area contributed by atoms with Crippen molar-refractivity contribution in [3.05, 3.63) is 58.3 Å². The number of benzene rings is 1. The van der Waals surface area contributed by atoms with Gasteiger partial charge in [0.05, 0.1) is 12.0 Å². The average molecular weight is 304 g/mol. The molecule has 0 bridgehead atoms. The minimum Gasteiger partial charge on any atom is -0.484 e. The summed E-state index contributed by atoms with van der Waals surface area (Å²) in [4.78, 5) is 16.1. The third-order valence-corrected chi connectivity index (χ3v) is 3.43. The molecule has 90 valence electrons. The van der Waals surface area contributed by atoms with Crippen molar-refractivity contribution in [1.82, 2.24) is 4.98 Å². The molecule has 1 aliphatic rings. The van der Waals surface area contributed by atoms with E-state index in [1.807, 2.05) is 24.3 Å². The summed E-state index contributed by atoms with van der Waals surface area (Å²) in [6.45, 7) is 0. The van der Waals surface area contributed by atoms with Crippen LogP contribution in [0.25, 0.3) is 0 Å². The highest BCUT2D eigenvalue weighted by Gasteiger charge is 2.27. The molecule has 0 radical (unpaired) electrons. The summed E-state index contributed by atoms with van der Waals surface area (Å²) < 4.78 is 6.78. The molecule has 0 aliphatic carbocycles. The van der Waals surface area contributed by atoms with E-state index < -0.39 is 0 Å². The maximum absolute atomic E-state index is 12.1. The van der Waals surface area contributed by atoms with Crippen LogP contribution in [-0.4, -0.2) is 10.8 Å². The summed E-state index contributed by atoms with van der Waals surface area (Å²) in [5.41, 5.74) is 1.58. The number of ketones is 1. The van der Waals surface area contributed by atoms with Gasteiger partial charge in [0.25, 0.3) is 0 Å². The Balaban J connectivity index is 1.98. The third-order valence-electron chi connectivity index (χ3n) is 2.94. The number of pyridine rings is 1. The predicted molar refractivity (Wildman–Crippen MR) is 70.7 cm³/mol. The Bertz CT molecular complexity index is 598. The van der Waals surface area contributed by atoms with Crippen LogP contribution in [-0.2, 0) is 0 Å². The van der Waals surface area contributed by atoms with Gasteiger partial charge in [-0.15, -0.1) is 0 Å². The number of aromatic nitrogens is 1. The highest BCUT2D eigenvalue weighted by molar-refractivity contribution is 9.10. The molecule has 0 saturated carbocycles. The van der Waals surface area contributed by atoms with Crippen LogP contribution in [0.3, 0.4) is 0 Å². The lowest BCUT2D eigenvalue weighted by Gasteiger charge is -2.25.